The van der Waals surface area contributed by atoms with Crippen LogP contribution in [0.1, 0.15) is 25.7 Å². The lowest BCUT2D eigenvalue weighted by Crippen LogP contribution is -2.34. The van der Waals surface area contributed by atoms with Crippen molar-refractivity contribution in [1.82, 2.24) is 0 Å². The van der Waals surface area contributed by atoms with E-state index in [1.54, 1.807) is 0 Å². The van der Waals surface area contributed by atoms with Crippen LogP contribution in [0.3, 0.4) is 0 Å². The maximum atomic E-state index is 5.77. The summed E-state index contributed by atoms with van der Waals surface area (Å²) >= 11 is 0. The molecule has 11 heavy (non-hydrogen) atoms. The van der Waals surface area contributed by atoms with Crippen LogP contribution in [0.4, 0.5) is 0 Å². The fourth-order valence-electron chi connectivity index (χ4n) is 1.87. The predicted molar refractivity (Wildman–Crippen MR) is 40.9 cm³/mol. The molecule has 1 saturated heterocycles. The molecular formula is C9H14O2. The Balaban J connectivity index is 1.94. The van der Waals surface area contributed by atoms with Crippen LogP contribution in [0.2, 0.25) is 0 Å². The number of rotatable bonds is 0. The minimum Gasteiger partial charge on any atom is -0.348 e. The van der Waals surface area contributed by atoms with Crippen LogP contribution in [0.5, 0.6) is 0 Å². The van der Waals surface area contributed by atoms with Crippen molar-refractivity contribution in [2.24, 2.45) is 5.92 Å². The van der Waals surface area contributed by atoms with Crippen LogP contribution < -0.4 is 0 Å². The van der Waals surface area contributed by atoms with Gasteiger partial charge in [0.25, 0.3) is 0 Å². The molecule has 1 heterocycles. The summed E-state index contributed by atoms with van der Waals surface area (Å²) in [5.41, 5.74) is 0. The van der Waals surface area contributed by atoms with E-state index < -0.39 is 0 Å². The number of ether oxygens (including phenoxy) is 2. The Morgan fingerprint density at radius 3 is 2.18 bits per heavy atom. The zero-order valence-electron chi connectivity index (χ0n) is 6.71. The van der Waals surface area contributed by atoms with Gasteiger partial charge < -0.3 is 9.47 Å². The van der Waals surface area contributed by atoms with Gasteiger partial charge in [0.05, 0.1) is 13.2 Å². The van der Waals surface area contributed by atoms with Gasteiger partial charge in [-0.05, 0) is 25.7 Å². The molecular weight excluding hydrogens is 140 g/mol. The molecule has 2 heteroatoms. The summed E-state index contributed by atoms with van der Waals surface area (Å²) in [5.74, 6) is 0.143. The average molecular weight is 154 g/mol. The van der Waals surface area contributed by atoms with Crippen molar-refractivity contribution in [3.63, 3.8) is 0 Å². The van der Waals surface area contributed by atoms with Gasteiger partial charge in [-0.2, -0.15) is 0 Å². The third-order valence-corrected chi connectivity index (χ3v) is 2.61. The Kier molecular flexibility index (Phi) is 1.90. The zero-order valence-corrected chi connectivity index (χ0v) is 6.71. The first kappa shape index (κ1) is 7.56. The van der Waals surface area contributed by atoms with Crippen molar-refractivity contribution >= 4 is 0 Å². The minimum atomic E-state index is -0.226. The summed E-state index contributed by atoms with van der Waals surface area (Å²) in [5, 5.41) is 0. The van der Waals surface area contributed by atoms with E-state index in [0.29, 0.717) is 5.92 Å². The van der Waals surface area contributed by atoms with Crippen molar-refractivity contribution in [2.75, 3.05) is 13.2 Å². The highest BCUT2D eigenvalue weighted by atomic mass is 16.7. The molecule has 1 spiro atoms. The van der Waals surface area contributed by atoms with Crippen LogP contribution in [0.25, 0.3) is 0 Å². The molecule has 1 saturated carbocycles. The first-order valence-corrected chi connectivity index (χ1v) is 4.34. The van der Waals surface area contributed by atoms with E-state index in [1.807, 2.05) is 0 Å². The molecule has 2 rings (SSSR count). The molecule has 0 aromatic carbocycles. The van der Waals surface area contributed by atoms with Crippen LogP contribution in [-0.2, 0) is 9.47 Å². The van der Waals surface area contributed by atoms with Gasteiger partial charge in [0.1, 0.15) is 0 Å². The van der Waals surface area contributed by atoms with Crippen molar-refractivity contribution in [2.45, 2.75) is 31.5 Å². The average Bonchev–Trinajstić information content (AvgIpc) is 2.45. The molecule has 0 aromatic heterocycles. The van der Waals surface area contributed by atoms with E-state index in [0.717, 1.165) is 38.9 Å². The Morgan fingerprint density at radius 2 is 1.64 bits per heavy atom. The summed E-state index contributed by atoms with van der Waals surface area (Å²) in [6.07, 6.45) is 4.04. The zero-order chi connectivity index (χ0) is 7.73. The molecule has 62 valence electrons. The monoisotopic (exact) mass is 154 g/mol. The molecule has 0 aromatic rings. The summed E-state index contributed by atoms with van der Waals surface area (Å²) in [6.45, 7) is 7.29. The number of hydrogen-bond acceptors (Lipinski definition) is 2. The molecule has 0 amide bonds. The standard InChI is InChI=1S/C9H14O2/c1-8-2-4-9(5-3-8)10-6-7-11-9/h1,8H,2-7H2. The maximum absolute atomic E-state index is 5.77. The predicted octanol–water partition coefficient (Wildman–Crippen LogP) is 1.63. The summed E-state index contributed by atoms with van der Waals surface area (Å²) in [7, 11) is 0. The Bertz CT molecular complexity index is 128. The van der Waals surface area contributed by atoms with E-state index in [4.69, 9.17) is 16.4 Å². The third kappa shape index (κ3) is 1.42. The van der Waals surface area contributed by atoms with Crippen molar-refractivity contribution < 1.29 is 9.47 Å². The Hall–Kier alpha value is -0.0800. The minimum absolute atomic E-state index is 0.226. The number of hydrogen-bond donors (Lipinski definition) is 0. The second kappa shape index (κ2) is 2.76. The van der Waals surface area contributed by atoms with Crippen LogP contribution in [0, 0.1) is 12.8 Å². The van der Waals surface area contributed by atoms with E-state index in [1.165, 1.54) is 0 Å². The molecule has 2 fully saturated rings. The smallest absolute Gasteiger partial charge is 0.168 e. The van der Waals surface area contributed by atoms with E-state index in [2.05, 4.69) is 0 Å². The highest BCUT2D eigenvalue weighted by Crippen LogP contribution is 2.37. The second-order valence-electron chi connectivity index (χ2n) is 3.45. The molecule has 0 atom stereocenters. The first-order chi connectivity index (χ1) is 5.31. The molecule has 1 aliphatic carbocycles. The molecule has 0 N–H and O–H groups in total. The molecule has 0 bridgehead atoms. The second-order valence-corrected chi connectivity index (χ2v) is 3.45. The van der Waals surface area contributed by atoms with Gasteiger partial charge in [-0.1, -0.05) is 0 Å². The van der Waals surface area contributed by atoms with Crippen LogP contribution >= 0.6 is 0 Å². The van der Waals surface area contributed by atoms with Gasteiger partial charge in [0.15, 0.2) is 5.79 Å². The van der Waals surface area contributed by atoms with Crippen molar-refractivity contribution in [3.8, 4) is 0 Å². The molecule has 2 nitrogen and oxygen atoms in total. The van der Waals surface area contributed by atoms with Gasteiger partial charge in [-0.3, -0.25) is 0 Å². The fourth-order valence-corrected chi connectivity index (χ4v) is 1.87. The van der Waals surface area contributed by atoms with E-state index in [-0.39, 0.29) is 5.79 Å². The highest BCUT2D eigenvalue weighted by Gasteiger charge is 2.39. The van der Waals surface area contributed by atoms with E-state index in [9.17, 15) is 0 Å². The van der Waals surface area contributed by atoms with Gasteiger partial charge >= 0.3 is 0 Å². The summed E-state index contributed by atoms with van der Waals surface area (Å²) in [6, 6.07) is 0. The molecule has 2 radical (unpaired) electrons. The lowest BCUT2D eigenvalue weighted by Gasteiger charge is -2.33. The topological polar surface area (TPSA) is 18.5 Å². The lowest BCUT2D eigenvalue weighted by molar-refractivity contribution is -0.180. The summed E-state index contributed by atoms with van der Waals surface area (Å²) in [4.78, 5) is 0. The quantitative estimate of drug-likeness (QED) is 0.528. The maximum Gasteiger partial charge on any atom is 0.168 e. The third-order valence-electron chi connectivity index (χ3n) is 2.61. The van der Waals surface area contributed by atoms with Gasteiger partial charge in [0, 0.05) is 12.8 Å². The highest BCUT2D eigenvalue weighted by molar-refractivity contribution is 4.82. The molecule has 2 aliphatic rings. The first-order valence-electron chi connectivity index (χ1n) is 4.34. The normalized spacial score (nSPS) is 31.4. The van der Waals surface area contributed by atoms with E-state index >= 15 is 0 Å². The van der Waals surface area contributed by atoms with Crippen molar-refractivity contribution in [3.05, 3.63) is 6.92 Å². The van der Waals surface area contributed by atoms with Crippen molar-refractivity contribution in [1.29, 1.82) is 0 Å². The Morgan fingerprint density at radius 1 is 1.09 bits per heavy atom. The summed E-state index contributed by atoms with van der Waals surface area (Å²) < 4.78 is 11.1. The van der Waals surface area contributed by atoms with Crippen LogP contribution in [0.15, 0.2) is 0 Å². The largest absolute Gasteiger partial charge is 0.348 e. The van der Waals surface area contributed by atoms with Gasteiger partial charge in [-0.15, -0.1) is 0 Å². The SMILES string of the molecule is [CH]C1CCC2(CC1)OCCO2. The molecule has 1 aliphatic heterocycles. The lowest BCUT2D eigenvalue weighted by atomic mass is 9.86. The van der Waals surface area contributed by atoms with Gasteiger partial charge in [-0.25, -0.2) is 0 Å². The Labute approximate surface area is 67.9 Å². The fraction of sp³-hybridized carbons (Fsp3) is 0.889. The van der Waals surface area contributed by atoms with Gasteiger partial charge in [0.2, 0.25) is 0 Å². The molecule has 0 unspecified atom stereocenters. The van der Waals surface area contributed by atoms with Crippen LogP contribution in [-0.4, -0.2) is 19.0 Å².